The summed E-state index contributed by atoms with van der Waals surface area (Å²) in [5.74, 6) is -4.20. The highest BCUT2D eigenvalue weighted by atomic mass is 32.2. The maximum Gasteiger partial charge on any atom is 0.276 e. The Balaban J connectivity index is 1.40. The monoisotopic (exact) mass is 550 g/mol. The molecule has 4 atom stereocenters. The molecular formula is C24H22F4N6O3S. The minimum absolute atomic E-state index is 0.00101. The van der Waals surface area contributed by atoms with Gasteiger partial charge in [0.1, 0.15) is 12.0 Å². The van der Waals surface area contributed by atoms with Crippen molar-refractivity contribution < 1.29 is 31.5 Å². The molecule has 0 radical (unpaired) electrons. The van der Waals surface area contributed by atoms with E-state index in [0.717, 1.165) is 17.8 Å². The number of aryl methyl sites for hydroxylation is 1. The van der Waals surface area contributed by atoms with Gasteiger partial charge in [-0.2, -0.15) is 0 Å². The number of nitrogens with one attached hydrogen (secondary N) is 1. The van der Waals surface area contributed by atoms with E-state index in [-0.39, 0.29) is 40.3 Å². The number of alkyl halides is 2. The lowest BCUT2D eigenvalue weighted by Crippen LogP contribution is -2.39. The van der Waals surface area contributed by atoms with Crippen molar-refractivity contribution in [2.24, 2.45) is 22.6 Å². The topological polar surface area (TPSA) is 129 Å². The first-order valence-corrected chi connectivity index (χ1v) is 12.3. The molecule has 9 nitrogen and oxygen atoms in total. The van der Waals surface area contributed by atoms with Crippen LogP contribution in [0.2, 0.25) is 0 Å². The van der Waals surface area contributed by atoms with Crippen LogP contribution in [0, 0.1) is 30.4 Å². The van der Waals surface area contributed by atoms with E-state index in [0.29, 0.717) is 5.89 Å². The smallest absolute Gasteiger partial charge is 0.276 e. The first-order valence-electron chi connectivity index (χ1n) is 11.5. The maximum absolute atomic E-state index is 15.1. The molecule has 1 aliphatic carbocycles. The molecule has 2 aromatic heterocycles. The Kier molecular flexibility index (Phi) is 6.32. The molecule has 2 aliphatic rings. The van der Waals surface area contributed by atoms with Crippen molar-refractivity contribution in [1.29, 1.82) is 0 Å². The maximum atomic E-state index is 15.1. The fraction of sp³-hybridized carbons (Fsp3) is 0.375. The van der Waals surface area contributed by atoms with E-state index in [9.17, 15) is 18.0 Å². The van der Waals surface area contributed by atoms with E-state index in [1.54, 1.807) is 6.92 Å². The van der Waals surface area contributed by atoms with E-state index in [4.69, 9.17) is 14.9 Å². The lowest BCUT2D eigenvalue weighted by Gasteiger charge is -2.34. The molecule has 1 aromatic carbocycles. The summed E-state index contributed by atoms with van der Waals surface area (Å²) in [4.78, 5) is 29.4. The predicted molar refractivity (Wildman–Crippen MR) is 130 cm³/mol. The Morgan fingerprint density at radius 3 is 2.74 bits per heavy atom. The standard InChI is InChI=1S/C24H22F4N6O3S/c1-10-19-23(3,34-22(29)38-24(10,19)21(27)28)13-6-12(7-14(25)17(13)26)33-20(35)18-11(2)32-15(8-31-18)37-9-16-30-4-5-36-16/h4-8,10,19,21H,9H2,1-3H3,(H2,29,34)(H,33,35)/t10?,19?,23-,24+/m1/s1. The van der Waals surface area contributed by atoms with Gasteiger partial charge >= 0.3 is 0 Å². The Morgan fingerprint density at radius 2 is 2.08 bits per heavy atom. The Bertz CT molecular complexity index is 1440. The number of ether oxygens (including phenoxy) is 1. The number of oxazole rings is 1. The van der Waals surface area contributed by atoms with Crippen LogP contribution in [0.4, 0.5) is 23.2 Å². The van der Waals surface area contributed by atoms with Crippen molar-refractivity contribution in [2.45, 2.75) is 44.1 Å². The van der Waals surface area contributed by atoms with Gasteiger partial charge < -0.3 is 20.2 Å². The summed E-state index contributed by atoms with van der Waals surface area (Å²) in [6.07, 6.45) is 1.32. The second kappa shape index (κ2) is 9.26. The van der Waals surface area contributed by atoms with Crippen LogP contribution < -0.4 is 15.8 Å². The summed E-state index contributed by atoms with van der Waals surface area (Å²) in [6.45, 7) is 4.57. The number of rotatable bonds is 7. The number of fused-ring (bicyclic) bond motifs is 1. The zero-order valence-corrected chi connectivity index (χ0v) is 21.2. The third kappa shape index (κ3) is 4.16. The lowest BCUT2D eigenvalue weighted by atomic mass is 9.84. The summed E-state index contributed by atoms with van der Waals surface area (Å²) in [6, 6.07) is 1.97. The van der Waals surface area contributed by atoms with Gasteiger partial charge in [0.15, 0.2) is 23.4 Å². The summed E-state index contributed by atoms with van der Waals surface area (Å²) in [5, 5.41) is 2.33. The number of carbonyl (C=O) groups excluding carboxylic acids is 1. The molecule has 200 valence electrons. The molecule has 3 N–H and O–H groups in total. The van der Waals surface area contributed by atoms with Gasteiger partial charge in [-0.3, -0.25) is 9.79 Å². The minimum atomic E-state index is -2.75. The van der Waals surface area contributed by atoms with Crippen LogP contribution in [0.15, 0.2) is 40.2 Å². The molecule has 3 aromatic rings. The third-order valence-corrected chi connectivity index (χ3v) is 8.42. The summed E-state index contributed by atoms with van der Waals surface area (Å²) in [5.41, 5.74) is 4.02. The van der Waals surface area contributed by atoms with Crippen molar-refractivity contribution in [1.82, 2.24) is 15.0 Å². The fourth-order valence-electron chi connectivity index (χ4n) is 5.18. The molecule has 1 fully saturated rings. The molecule has 3 heterocycles. The first-order chi connectivity index (χ1) is 18.0. The average molecular weight is 551 g/mol. The van der Waals surface area contributed by atoms with Gasteiger partial charge in [0.05, 0.1) is 28.4 Å². The number of nitrogens with zero attached hydrogens (tertiary/aromatic N) is 4. The van der Waals surface area contributed by atoms with Gasteiger partial charge in [0, 0.05) is 23.2 Å². The van der Waals surface area contributed by atoms with E-state index < -0.39 is 46.1 Å². The van der Waals surface area contributed by atoms with Crippen LogP contribution in [0.1, 0.15) is 41.5 Å². The highest BCUT2D eigenvalue weighted by Crippen LogP contribution is 2.71. The molecule has 1 amide bonds. The van der Waals surface area contributed by atoms with Gasteiger partial charge in [-0.25, -0.2) is 32.5 Å². The van der Waals surface area contributed by atoms with Crippen LogP contribution in [0.25, 0.3) is 0 Å². The third-order valence-electron chi connectivity index (χ3n) is 6.96. The first kappa shape index (κ1) is 25.9. The molecule has 0 spiro atoms. The second-order valence-corrected chi connectivity index (χ2v) is 10.6. The molecule has 0 bridgehead atoms. The summed E-state index contributed by atoms with van der Waals surface area (Å²) < 4.78 is 66.9. The number of thioether (sulfide) groups is 1. The second-order valence-electron chi connectivity index (χ2n) is 9.25. The number of amidine groups is 1. The van der Waals surface area contributed by atoms with Gasteiger partial charge in [0.25, 0.3) is 12.3 Å². The number of aliphatic imine (C=N–C) groups is 1. The Labute approximate surface area is 218 Å². The van der Waals surface area contributed by atoms with Crippen molar-refractivity contribution in [3.63, 3.8) is 0 Å². The van der Waals surface area contributed by atoms with E-state index in [1.807, 2.05) is 0 Å². The zero-order valence-electron chi connectivity index (χ0n) is 20.3. The van der Waals surface area contributed by atoms with Crippen molar-refractivity contribution in [3.05, 3.63) is 65.3 Å². The van der Waals surface area contributed by atoms with Gasteiger partial charge in [-0.15, -0.1) is 0 Å². The van der Waals surface area contributed by atoms with Crippen LogP contribution in [-0.4, -0.2) is 37.2 Å². The number of aromatic nitrogens is 3. The van der Waals surface area contributed by atoms with Crippen LogP contribution >= 0.6 is 11.8 Å². The highest BCUT2D eigenvalue weighted by Gasteiger charge is 2.76. The lowest BCUT2D eigenvalue weighted by molar-refractivity contribution is 0.102. The molecule has 1 saturated carbocycles. The number of nitrogens with two attached hydrogens (primary N) is 1. The number of carbonyl (C=O) groups is 1. The molecule has 14 heteroatoms. The number of benzene rings is 1. The number of hydrogen-bond acceptors (Lipinski definition) is 9. The van der Waals surface area contributed by atoms with Crippen molar-refractivity contribution >= 4 is 28.5 Å². The number of amides is 1. The molecule has 0 saturated heterocycles. The molecule has 2 unspecified atom stereocenters. The van der Waals surface area contributed by atoms with Crippen LogP contribution in [0.3, 0.4) is 0 Å². The number of halogens is 4. The molecule has 38 heavy (non-hydrogen) atoms. The highest BCUT2D eigenvalue weighted by molar-refractivity contribution is 8.15. The van der Waals surface area contributed by atoms with Gasteiger partial charge in [-0.05, 0) is 25.8 Å². The SMILES string of the molecule is Cc1nc(OCc2ncco2)cnc1C(=O)Nc1cc(F)c(F)c([C@@]2(C)N=C(N)S[C@@]3(C(F)F)C(C)C32)c1. The minimum Gasteiger partial charge on any atom is -0.467 e. The fourth-order valence-corrected chi connectivity index (χ4v) is 6.68. The van der Waals surface area contributed by atoms with Crippen LogP contribution in [-0.2, 0) is 12.1 Å². The quantitative estimate of drug-likeness (QED) is 0.414. The number of anilines is 1. The molecule has 5 rings (SSSR count). The van der Waals surface area contributed by atoms with Gasteiger partial charge in [-0.1, -0.05) is 18.7 Å². The van der Waals surface area contributed by atoms with E-state index >= 15 is 4.39 Å². The van der Waals surface area contributed by atoms with Gasteiger partial charge in [0.2, 0.25) is 11.8 Å². The number of hydrogen-bond donors (Lipinski definition) is 2. The average Bonchev–Trinajstić information content (AvgIpc) is 3.20. The zero-order chi connectivity index (χ0) is 27.4. The van der Waals surface area contributed by atoms with Crippen molar-refractivity contribution in [2.75, 3.05) is 5.32 Å². The largest absolute Gasteiger partial charge is 0.467 e. The van der Waals surface area contributed by atoms with E-state index in [1.165, 1.54) is 38.6 Å². The Hall–Kier alpha value is -3.68. The van der Waals surface area contributed by atoms with E-state index in [2.05, 4.69) is 25.3 Å². The Morgan fingerprint density at radius 1 is 1.32 bits per heavy atom. The molecule has 1 aliphatic heterocycles. The summed E-state index contributed by atoms with van der Waals surface area (Å²) in [7, 11) is 0. The van der Waals surface area contributed by atoms with Crippen LogP contribution in [0.5, 0.6) is 5.88 Å². The van der Waals surface area contributed by atoms with Crippen molar-refractivity contribution in [3.8, 4) is 5.88 Å². The molecular weight excluding hydrogens is 528 g/mol. The normalized spacial score (nSPS) is 26.1. The summed E-state index contributed by atoms with van der Waals surface area (Å²) >= 11 is 0.761. The predicted octanol–water partition coefficient (Wildman–Crippen LogP) is 4.43.